The van der Waals surface area contributed by atoms with Crippen LogP contribution in [0.5, 0.6) is 0 Å². The molecule has 1 aliphatic heterocycles. The summed E-state index contributed by atoms with van der Waals surface area (Å²) in [4.78, 5) is 25.0. The van der Waals surface area contributed by atoms with Crippen molar-refractivity contribution in [1.29, 1.82) is 0 Å². The Hall–Kier alpha value is -1.30. The summed E-state index contributed by atoms with van der Waals surface area (Å²) in [6.45, 7) is 5.52. The molecule has 1 amide bonds. The van der Waals surface area contributed by atoms with Gasteiger partial charge in [-0.2, -0.15) is 0 Å². The van der Waals surface area contributed by atoms with Crippen LogP contribution in [-0.2, 0) is 14.3 Å². The Labute approximate surface area is 108 Å². The molecule has 6 heteroatoms. The van der Waals surface area contributed by atoms with Gasteiger partial charge < -0.3 is 14.8 Å². The minimum atomic E-state index is -0.464. The number of hydrogen-bond acceptors (Lipinski definition) is 5. The molecular formula is C12H22N2O4. The molecule has 0 aliphatic carbocycles. The lowest BCUT2D eigenvalue weighted by Gasteiger charge is -2.38. The molecule has 0 radical (unpaired) electrons. The van der Waals surface area contributed by atoms with Crippen LogP contribution in [0.4, 0.5) is 4.79 Å². The summed E-state index contributed by atoms with van der Waals surface area (Å²) in [5, 5.41) is 2.75. The lowest BCUT2D eigenvalue weighted by atomic mass is 9.93. The number of piperidine rings is 1. The lowest BCUT2D eigenvalue weighted by Crippen LogP contribution is -2.54. The molecule has 1 N–H and O–H groups in total. The molecule has 18 heavy (non-hydrogen) atoms. The third kappa shape index (κ3) is 3.87. The fraction of sp³-hybridized carbons (Fsp3) is 0.833. The van der Waals surface area contributed by atoms with Gasteiger partial charge in [0.2, 0.25) is 0 Å². The van der Waals surface area contributed by atoms with Crippen molar-refractivity contribution in [1.82, 2.24) is 10.2 Å². The molecule has 1 heterocycles. The first-order valence-electron chi connectivity index (χ1n) is 6.14. The standard InChI is InChI=1S/C12H22N2O4/c1-8(2)14-6-9(11(15)17-3)5-10(7-14)13-12(16)18-4/h8-10H,5-7H2,1-4H3,(H,13,16). The monoisotopic (exact) mass is 258 g/mol. The molecule has 1 fully saturated rings. The van der Waals surface area contributed by atoms with Crippen LogP contribution in [0.3, 0.4) is 0 Å². The van der Waals surface area contributed by atoms with E-state index in [2.05, 4.69) is 28.8 Å². The van der Waals surface area contributed by atoms with Crippen molar-refractivity contribution in [3.8, 4) is 0 Å². The second-order valence-corrected chi connectivity index (χ2v) is 4.84. The van der Waals surface area contributed by atoms with Crippen LogP contribution in [0.2, 0.25) is 0 Å². The van der Waals surface area contributed by atoms with E-state index in [0.717, 1.165) is 6.54 Å². The second-order valence-electron chi connectivity index (χ2n) is 4.84. The van der Waals surface area contributed by atoms with Gasteiger partial charge in [0, 0.05) is 25.2 Å². The molecular weight excluding hydrogens is 236 g/mol. The average Bonchev–Trinajstić information content (AvgIpc) is 2.37. The Bertz CT molecular complexity index is 306. The quantitative estimate of drug-likeness (QED) is 0.751. The topological polar surface area (TPSA) is 67.9 Å². The van der Waals surface area contributed by atoms with E-state index < -0.39 is 6.09 Å². The predicted molar refractivity (Wildman–Crippen MR) is 66.2 cm³/mol. The first-order chi connectivity index (χ1) is 8.47. The van der Waals surface area contributed by atoms with Gasteiger partial charge in [0.1, 0.15) is 0 Å². The number of nitrogens with zero attached hydrogens (tertiary/aromatic N) is 1. The van der Waals surface area contributed by atoms with Crippen LogP contribution in [0.15, 0.2) is 0 Å². The van der Waals surface area contributed by atoms with E-state index in [-0.39, 0.29) is 17.9 Å². The van der Waals surface area contributed by atoms with Crippen molar-refractivity contribution in [2.45, 2.75) is 32.4 Å². The maximum Gasteiger partial charge on any atom is 0.407 e. The Balaban J connectivity index is 2.68. The van der Waals surface area contributed by atoms with E-state index >= 15 is 0 Å². The van der Waals surface area contributed by atoms with Crippen LogP contribution >= 0.6 is 0 Å². The van der Waals surface area contributed by atoms with Gasteiger partial charge in [-0.05, 0) is 20.3 Å². The Kier molecular flexibility index (Phi) is 5.40. The van der Waals surface area contributed by atoms with Crippen molar-refractivity contribution in [3.05, 3.63) is 0 Å². The number of hydrogen-bond donors (Lipinski definition) is 1. The molecule has 0 bridgehead atoms. The van der Waals surface area contributed by atoms with Crippen molar-refractivity contribution < 1.29 is 19.1 Å². The maximum atomic E-state index is 11.6. The van der Waals surface area contributed by atoms with Crippen molar-refractivity contribution in [2.24, 2.45) is 5.92 Å². The third-order valence-corrected chi connectivity index (χ3v) is 3.25. The fourth-order valence-corrected chi connectivity index (χ4v) is 2.22. The van der Waals surface area contributed by atoms with Crippen LogP contribution < -0.4 is 5.32 Å². The molecule has 6 nitrogen and oxygen atoms in total. The number of nitrogens with one attached hydrogen (secondary N) is 1. The zero-order chi connectivity index (χ0) is 13.7. The summed E-state index contributed by atoms with van der Waals surface area (Å²) in [7, 11) is 2.72. The van der Waals surface area contributed by atoms with E-state index in [4.69, 9.17) is 4.74 Å². The van der Waals surface area contributed by atoms with Crippen molar-refractivity contribution in [3.63, 3.8) is 0 Å². The summed E-state index contributed by atoms with van der Waals surface area (Å²) in [6, 6.07) is 0.233. The zero-order valence-corrected chi connectivity index (χ0v) is 11.4. The van der Waals surface area contributed by atoms with Crippen LogP contribution in [-0.4, -0.2) is 56.4 Å². The predicted octanol–water partition coefficient (Wildman–Crippen LogP) is 0.614. The van der Waals surface area contributed by atoms with E-state index in [9.17, 15) is 9.59 Å². The molecule has 0 saturated carbocycles. The Morgan fingerprint density at radius 3 is 2.39 bits per heavy atom. The number of alkyl carbamates (subject to hydrolysis) is 1. The Morgan fingerprint density at radius 2 is 1.89 bits per heavy atom. The SMILES string of the molecule is COC(=O)NC1CC(C(=O)OC)CN(C(C)C)C1. The number of rotatable bonds is 3. The summed E-state index contributed by atoms with van der Waals surface area (Å²) in [5.74, 6) is -0.426. The number of likely N-dealkylation sites (tertiary alicyclic amines) is 1. The molecule has 104 valence electrons. The first kappa shape index (κ1) is 14.8. The third-order valence-electron chi connectivity index (χ3n) is 3.25. The van der Waals surface area contributed by atoms with Crippen LogP contribution in [0.25, 0.3) is 0 Å². The maximum absolute atomic E-state index is 11.6. The molecule has 1 rings (SSSR count). The van der Waals surface area contributed by atoms with Crippen molar-refractivity contribution >= 4 is 12.1 Å². The average molecular weight is 258 g/mol. The van der Waals surface area contributed by atoms with E-state index in [1.807, 2.05) is 0 Å². The molecule has 1 saturated heterocycles. The normalized spacial score (nSPS) is 24.7. The highest BCUT2D eigenvalue weighted by Gasteiger charge is 2.34. The fourth-order valence-electron chi connectivity index (χ4n) is 2.22. The van der Waals surface area contributed by atoms with Crippen LogP contribution in [0.1, 0.15) is 20.3 Å². The second kappa shape index (κ2) is 6.58. The minimum absolute atomic E-state index is 0.0855. The van der Waals surface area contributed by atoms with Crippen LogP contribution in [0, 0.1) is 5.92 Å². The van der Waals surface area contributed by atoms with Gasteiger partial charge in [0.25, 0.3) is 0 Å². The molecule has 0 aromatic carbocycles. The largest absolute Gasteiger partial charge is 0.469 e. The molecule has 2 unspecified atom stereocenters. The van der Waals surface area contributed by atoms with E-state index in [1.54, 1.807) is 0 Å². The van der Waals surface area contributed by atoms with E-state index in [1.165, 1.54) is 14.2 Å². The number of esters is 1. The van der Waals surface area contributed by atoms with Gasteiger partial charge in [-0.25, -0.2) is 4.79 Å². The molecule has 0 aromatic heterocycles. The number of ether oxygens (including phenoxy) is 2. The summed E-state index contributed by atoms with van der Waals surface area (Å²) >= 11 is 0. The highest BCUT2D eigenvalue weighted by molar-refractivity contribution is 5.73. The minimum Gasteiger partial charge on any atom is -0.469 e. The number of amides is 1. The molecule has 0 spiro atoms. The van der Waals surface area contributed by atoms with Gasteiger partial charge in [0.05, 0.1) is 20.1 Å². The van der Waals surface area contributed by atoms with Gasteiger partial charge in [-0.3, -0.25) is 9.69 Å². The highest BCUT2D eigenvalue weighted by atomic mass is 16.5. The van der Waals surface area contributed by atoms with Crippen molar-refractivity contribution in [2.75, 3.05) is 27.3 Å². The van der Waals surface area contributed by atoms with Gasteiger partial charge >= 0.3 is 12.1 Å². The summed E-state index contributed by atoms with van der Waals surface area (Å²) in [6.07, 6.45) is 0.125. The smallest absolute Gasteiger partial charge is 0.407 e. The van der Waals surface area contributed by atoms with E-state index in [0.29, 0.717) is 19.0 Å². The molecule has 0 aromatic rings. The zero-order valence-electron chi connectivity index (χ0n) is 11.4. The lowest BCUT2D eigenvalue weighted by molar-refractivity contribution is -0.148. The number of methoxy groups -OCH3 is 2. The first-order valence-corrected chi connectivity index (χ1v) is 6.14. The number of carbonyl (C=O) groups is 2. The number of carbonyl (C=O) groups excluding carboxylic acids is 2. The highest BCUT2D eigenvalue weighted by Crippen LogP contribution is 2.20. The Morgan fingerprint density at radius 1 is 1.22 bits per heavy atom. The summed E-state index contributed by atoms with van der Waals surface area (Å²) < 4.78 is 9.37. The molecule has 2 atom stereocenters. The molecule has 1 aliphatic rings. The van der Waals surface area contributed by atoms with Gasteiger partial charge in [-0.15, -0.1) is 0 Å². The van der Waals surface area contributed by atoms with Gasteiger partial charge in [-0.1, -0.05) is 0 Å². The summed E-state index contributed by atoms with van der Waals surface area (Å²) in [5.41, 5.74) is 0. The van der Waals surface area contributed by atoms with Gasteiger partial charge in [0.15, 0.2) is 0 Å².